The highest BCUT2D eigenvalue weighted by Crippen LogP contribution is 2.38. The van der Waals surface area contributed by atoms with Gasteiger partial charge < -0.3 is 9.53 Å². The van der Waals surface area contributed by atoms with Gasteiger partial charge in [0.15, 0.2) is 0 Å². The summed E-state index contributed by atoms with van der Waals surface area (Å²) in [5.74, 6) is 0.371. The average Bonchev–Trinajstić information content (AvgIpc) is 2.33. The lowest BCUT2D eigenvalue weighted by molar-refractivity contribution is 0.310. The van der Waals surface area contributed by atoms with E-state index in [4.69, 9.17) is 4.43 Å². The van der Waals surface area contributed by atoms with E-state index in [2.05, 4.69) is 39.9 Å². The van der Waals surface area contributed by atoms with Gasteiger partial charge in [-0.25, -0.2) is 0 Å². The number of hydrogen-bond acceptors (Lipinski definition) is 2. The van der Waals surface area contributed by atoms with Gasteiger partial charge in [-0.1, -0.05) is 45.0 Å². The van der Waals surface area contributed by atoms with Gasteiger partial charge in [0.25, 0.3) is 0 Å². The zero-order chi connectivity index (χ0) is 14.9. The van der Waals surface area contributed by atoms with Crippen LogP contribution in [0, 0.1) is 0 Å². The van der Waals surface area contributed by atoms with E-state index >= 15 is 0 Å². The summed E-state index contributed by atoms with van der Waals surface area (Å²) in [6.07, 6.45) is 0. The van der Waals surface area contributed by atoms with E-state index < -0.39 is 9.04 Å². The van der Waals surface area contributed by atoms with E-state index in [-0.39, 0.29) is 5.41 Å². The Balaban J connectivity index is 2.69. The van der Waals surface area contributed by atoms with Gasteiger partial charge >= 0.3 is 0 Å². The van der Waals surface area contributed by atoms with Gasteiger partial charge in [0.05, 0.1) is 6.61 Å². The molecule has 2 nitrogen and oxygen atoms in total. The fourth-order valence-electron chi connectivity index (χ4n) is 2.61. The molecule has 107 valence electrons. The molecular formula is C17H23O2Si. The maximum atomic E-state index is 10.4. The molecule has 0 atom stereocenters. The summed E-state index contributed by atoms with van der Waals surface area (Å²) in [6, 6.07) is 10.1. The Hall–Kier alpha value is -1.32. The molecule has 1 radical (unpaired) electrons. The molecule has 0 spiro atoms. The van der Waals surface area contributed by atoms with E-state index in [1.165, 1.54) is 5.39 Å². The van der Waals surface area contributed by atoms with Crippen LogP contribution in [0.25, 0.3) is 10.8 Å². The molecule has 0 aromatic heterocycles. The predicted molar refractivity (Wildman–Crippen MR) is 86.6 cm³/mol. The highest BCUT2D eigenvalue weighted by Gasteiger charge is 2.24. The van der Waals surface area contributed by atoms with Crippen LogP contribution in [-0.2, 0) is 16.4 Å². The minimum atomic E-state index is -0.756. The summed E-state index contributed by atoms with van der Waals surface area (Å²) in [4.78, 5) is 0. The standard InChI is InChI=1S/C17H23O2Si/c1-17(2,3)16-14(11-19-20(4)5)13-9-7-6-8-12(13)10-15(16)18/h6-10,18H,11H2,1-5H3. The van der Waals surface area contributed by atoms with Crippen molar-refractivity contribution in [3.8, 4) is 5.75 Å². The molecule has 0 bridgehead atoms. The van der Waals surface area contributed by atoms with Crippen molar-refractivity contribution < 1.29 is 9.53 Å². The van der Waals surface area contributed by atoms with Crippen molar-refractivity contribution in [2.75, 3.05) is 0 Å². The third-order valence-corrected chi connectivity index (χ3v) is 4.11. The quantitative estimate of drug-likeness (QED) is 0.835. The molecular weight excluding hydrogens is 264 g/mol. The molecule has 0 heterocycles. The second-order valence-electron chi connectivity index (χ2n) is 6.42. The van der Waals surface area contributed by atoms with Gasteiger partial charge in [-0.15, -0.1) is 0 Å². The molecule has 0 aliphatic heterocycles. The lowest BCUT2D eigenvalue weighted by atomic mass is 9.81. The van der Waals surface area contributed by atoms with Crippen LogP contribution in [0.4, 0.5) is 0 Å². The van der Waals surface area contributed by atoms with Gasteiger partial charge in [-0.2, -0.15) is 0 Å². The van der Waals surface area contributed by atoms with E-state index in [0.29, 0.717) is 12.4 Å². The Bertz CT molecular complexity index is 612. The number of phenolic OH excluding ortho intramolecular Hbond substituents is 1. The fraction of sp³-hybridized carbons (Fsp3) is 0.412. The fourth-order valence-corrected chi connectivity index (χ4v) is 3.04. The minimum Gasteiger partial charge on any atom is -0.508 e. The SMILES string of the molecule is C[Si](C)OCc1c(C(C)(C)C)c(O)cc2ccccc12. The van der Waals surface area contributed by atoms with Crippen molar-refractivity contribution in [3.63, 3.8) is 0 Å². The van der Waals surface area contributed by atoms with Crippen molar-refractivity contribution in [3.05, 3.63) is 41.5 Å². The first-order chi connectivity index (χ1) is 9.30. The van der Waals surface area contributed by atoms with Crippen molar-refractivity contribution in [2.24, 2.45) is 0 Å². The average molecular weight is 287 g/mol. The van der Waals surface area contributed by atoms with Gasteiger partial charge in [0, 0.05) is 5.56 Å². The smallest absolute Gasteiger partial charge is 0.205 e. The van der Waals surface area contributed by atoms with Crippen molar-refractivity contribution in [1.29, 1.82) is 0 Å². The molecule has 0 aliphatic rings. The van der Waals surface area contributed by atoms with Crippen LogP contribution in [0.2, 0.25) is 13.1 Å². The molecule has 2 rings (SSSR count). The molecule has 2 aromatic rings. The second-order valence-corrected chi connectivity index (χ2v) is 8.52. The van der Waals surface area contributed by atoms with E-state index in [1.807, 2.05) is 24.3 Å². The highest BCUT2D eigenvalue weighted by atomic mass is 28.3. The van der Waals surface area contributed by atoms with Crippen molar-refractivity contribution in [1.82, 2.24) is 0 Å². The summed E-state index contributed by atoms with van der Waals surface area (Å²) >= 11 is 0. The van der Waals surface area contributed by atoms with E-state index in [0.717, 1.165) is 16.5 Å². The molecule has 0 saturated heterocycles. The molecule has 0 fully saturated rings. The van der Waals surface area contributed by atoms with Crippen LogP contribution < -0.4 is 0 Å². The maximum Gasteiger partial charge on any atom is 0.205 e. The largest absolute Gasteiger partial charge is 0.508 e. The van der Waals surface area contributed by atoms with Gasteiger partial charge in [0.2, 0.25) is 9.04 Å². The topological polar surface area (TPSA) is 29.5 Å². The first kappa shape index (κ1) is 15.1. The van der Waals surface area contributed by atoms with Crippen molar-refractivity contribution in [2.45, 2.75) is 45.9 Å². The maximum absolute atomic E-state index is 10.4. The van der Waals surface area contributed by atoms with Crippen LogP contribution in [0.15, 0.2) is 30.3 Å². The lowest BCUT2D eigenvalue weighted by Crippen LogP contribution is -2.17. The zero-order valence-corrected chi connectivity index (χ0v) is 13.9. The lowest BCUT2D eigenvalue weighted by Gasteiger charge is -2.26. The molecule has 0 amide bonds. The third kappa shape index (κ3) is 3.05. The minimum absolute atomic E-state index is 0.110. The van der Waals surface area contributed by atoms with Crippen molar-refractivity contribution >= 4 is 19.8 Å². The molecule has 0 aliphatic carbocycles. The number of hydrogen-bond donors (Lipinski definition) is 1. The molecule has 2 aromatic carbocycles. The molecule has 3 heteroatoms. The zero-order valence-electron chi connectivity index (χ0n) is 12.9. The number of fused-ring (bicyclic) bond motifs is 1. The second kappa shape index (κ2) is 5.58. The first-order valence-electron chi connectivity index (χ1n) is 6.97. The summed E-state index contributed by atoms with van der Waals surface area (Å²) in [5.41, 5.74) is 2.01. The Kier molecular flexibility index (Phi) is 4.21. The molecule has 1 N–H and O–H groups in total. The number of benzene rings is 2. The van der Waals surface area contributed by atoms with E-state index in [1.54, 1.807) is 0 Å². The summed E-state index contributed by atoms with van der Waals surface area (Å²) < 4.78 is 5.92. The predicted octanol–water partition coefficient (Wildman–Crippen LogP) is 4.61. The molecule has 0 unspecified atom stereocenters. The third-order valence-electron chi connectivity index (χ3n) is 3.39. The van der Waals surface area contributed by atoms with Gasteiger partial charge in [-0.05, 0) is 40.9 Å². The Morgan fingerprint density at radius 1 is 1.15 bits per heavy atom. The number of aromatic hydroxyl groups is 1. The van der Waals surface area contributed by atoms with Crippen LogP contribution in [0.3, 0.4) is 0 Å². The Morgan fingerprint density at radius 3 is 2.40 bits per heavy atom. The highest BCUT2D eigenvalue weighted by molar-refractivity contribution is 6.48. The number of rotatable bonds is 3. The van der Waals surface area contributed by atoms with Crippen LogP contribution >= 0.6 is 0 Å². The van der Waals surface area contributed by atoms with E-state index in [9.17, 15) is 5.11 Å². The molecule has 0 saturated carbocycles. The number of phenols is 1. The normalized spacial score (nSPS) is 12.3. The summed E-state index contributed by atoms with van der Waals surface area (Å²) in [5, 5.41) is 12.7. The summed E-state index contributed by atoms with van der Waals surface area (Å²) in [7, 11) is -0.756. The van der Waals surface area contributed by atoms with Crippen LogP contribution in [-0.4, -0.2) is 14.1 Å². The van der Waals surface area contributed by atoms with Crippen LogP contribution in [0.1, 0.15) is 31.9 Å². The van der Waals surface area contributed by atoms with Crippen LogP contribution in [0.5, 0.6) is 5.75 Å². The monoisotopic (exact) mass is 287 g/mol. The Morgan fingerprint density at radius 2 is 1.80 bits per heavy atom. The van der Waals surface area contributed by atoms with Gasteiger partial charge in [0.1, 0.15) is 5.75 Å². The van der Waals surface area contributed by atoms with Gasteiger partial charge in [-0.3, -0.25) is 0 Å². The summed E-state index contributed by atoms with van der Waals surface area (Å²) in [6.45, 7) is 11.2. The Labute approximate surface area is 123 Å². The molecule has 20 heavy (non-hydrogen) atoms. The first-order valence-corrected chi connectivity index (χ1v) is 9.38.